The molecule has 1 fully saturated rings. The summed E-state index contributed by atoms with van der Waals surface area (Å²) in [6.45, 7) is 4.67. The molecule has 0 aromatic carbocycles. The van der Waals surface area contributed by atoms with Crippen LogP contribution in [0, 0.1) is 0 Å². The minimum atomic E-state index is -0.749. The van der Waals surface area contributed by atoms with Crippen molar-refractivity contribution >= 4 is 5.97 Å². The van der Waals surface area contributed by atoms with Gasteiger partial charge in [-0.15, -0.1) is 0 Å². The first-order chi connectivity index (χ1) is 6.72. The maximum Gasteiger partial charge on any atom is 0.317 e. The van der Waals surface area contributed by atoms with Crippen LogP contribution >= 0.6 is 0 Å². The quantitative estimate of drug-likeness (QED) is 0.720. The highest BCUT2D eigenvalue weighted by atomic mass is 16.5. The molecule has 0 aromatic rings. The molecule has 1 N–H and O–H groups in total. The molecular weight excluding hydrogens is 182 g/mol. The van der Waals surface area contributed by atoms with Crippen LogP contribution in [0.1, 0.15) is 26.2 Å². The van der Waals surface area contributed by atoms with Crippen LogP contribution in [0.3, 0.4) is 0 Å². The number of nitrogens with zero attached hydrogens (tertiary/aromatic N) is 1. The van der Waals surface area contributed by atoms with Gasteiger partial charge in [0.25, 0.3) is 0 Å². The van der Waals surface area contributed by atoms with Crippen molar-refractivity contribution in [3.63, 3.8) is 0 Å². The summed E-state index contributed by atoms with van der Waals surface area (Å²) in [6.07, 6.45) is 3.37. The van der Waals surface area contributed by atoms with Gasteiger partial charge < -0.3 is 9.84 Å². The number of carbonyl (C=O) groups is 1. The molecule has 0 spiro atoms. The Balaban J connectivity index is 2.24. The number of ether oxygens (including phenoxy) is 1. The maximum atomic E-state index is 10.5. The number of piperidine rings is 1. The van der Waals surface area contributed by atoms with Gasteiger partial charge in [-0.2, -0.15) is 0 Å². The zero-order valence-corrected chi connectivity index (χ0v) is 8.74. The van der Waals surface area contributed by atoms with E-state index in [1.165, 1.54) is 0 Å². The molecule has 0 saturated carbocycles. The lowest BCUT2D eigenvalue weighted by Crippen LogP contribution is -2.42. The molecule has 1 atom stereocenters. The smallest absolute Gasteiger partial charge is 0.317 e. The summed E-state index contributed by atoms with van der Waals surface area (Å²) < 4.78 is 5.61. The number of carboxylic acid groups (broad SMARTS) is 1. The second kappa shape index (κ2) is 5.98. The summed E-state index contributed by atoms with van der Waals surface area (Å²) in [5, 5.41) is 8.65. The van der Waals surface area contributed by atoms with Gasteiger partial charge in [-0.25, -0.2) is 0 Å². The van der Waals surface area contributed by atoms with Crippen LogP contribution in [0.25, 0.3) is 0 Å². The van der Waals surface area contributed by atoms with Crippen LogP contribution in [0.2, 0.25) is 0 Å². The molecule has 0 aromatic heterocycles. The van der Waals surface area contributed by atoms with Gasteiger partial charge in [0.15, 0.2) is 0 Å². The minimum absolute atomic E-state index is 0.145. The lowest BCUT2D eigenvalue weighted by molar-refractivity contribution is -0.139. The SMILES string of the molecule is CCCOC1CCCN(CC(=O)O)C1. The molecule has 0 radical (unpaired) electrons. The van der Waals surface area contributed by atoms with Gasteiger partial charge in [-0.3, -0.25) is 9.69 Å². The number of rotatable bonds is 5. The van der Waals surface area contributed by atoms with E-state index in [2.05, 4.69) is 6.92 Å². The zero-order chi connectivity index (χ0) is 10.4. The summed E-state index contributed by atoms with van der Waals surface area (Å²) in [5.74, 6) is -0.749. The van der Waals surface area contributed by atoms with Crippen LogP contribution in [-0.2, 0) is 9.53 Å². The van der Waals surface area contributed by atoms with Gasteiger partial charge in [0.1, 0.15) is 0 Å². The normalized spacial score (nSPS) is 23.6. The van der Waals surface area contributed by atoms with Crippen molar-refractivity contribution in [2.75, 3.05) is 26.2 Å². The standard InChI is InChI=1S/C10H19NO3/c1-2-6-14-9-4-3-5-11(7-9)8-10(12)13/h9H,2-8H2,1H3,(H,12,13). The van der Waals surface area contributed by atoms with Gasteiger partial charge in [0.2, 0.25) is 0 Å². The topological polar surface area (TPSA) is 49.8 Å². The van der Waals surface area contributed by atoms with E-state index < -0.39 is 5.97 Å². The van der Waals surface area contributed by atoms with E-state index in [-0.39, 0.29) is 12.6 Å². The van der Waals surface area contributed by atoms with Crippen LogP contribution < -0.4 is 0 Å². The average molecular weight is 201 g/mol. The third-order valence-electron chi connectivity index (χ3n) is 2.38. The fourth-order valence-corrected chi connectivity index (χ4v) is 1.77. The van der Waals surface area contributed by atoms with Crippen LogP contribution in [0.4, 0.5) is 0 Å². The second-order valence-corrected chi connectivity index (χ2v) is 3.76. The van der Waals surface area contributed by atoms with Gasteiger partial charge in [0, 0.05) is 13.2 Å². The number of hydrogen-bond acceptors (Lipinski definition) is 3. The summed E-state index contributed by atoms with van der Waals surface area (Å²) in [5.41, 5.74) is 0. The molecule has 14 heavy (non-hydrogen) atoms. The molecule has 1 unspecified atom stereocenters. The summed E-state index contributed by atoms with van der Waals surface area (Å²) in [6, 6.07) is 0. The Morgan fingerprint density at radius 1 is 1.64 bits per heavy atom. The number of hydrogen-bond donors (Lipinski definition) is 1. The van der Waals surface area contributed by atoms with Crippen molar-refractivity contribution in [2.24, 2.45) is 0 Å². The van der Waals surface area contributed by atoms with Gasteiger partial charge in [0.05, 0.1) is 12.6 Å². The monoisotopic (exact) mass is 201 g/mol. The summed E-state index contributed by atoms with van der Waals surface area (Å²) in [4.78, 5) is 12.5. The highest BCUT2D eigenvalue weighted by Gasteiger charge is 2.21. The van der Waals surface area contributed by atoms with Gasteiger partial charge in [-0.05, 0) is 25.8 Å². The molecule has 1 rings (SSSR count). The highest BCUT2D eigenvalue weighted by Crippen LogP contribution is 2.12. The van der Waals surface area contributed by atoms with E-state index in [0.29, 0.717) is 0 Å². The molecule has 1 heterocycles. The molecule has 1 aliphatic heterocycles. The first-order valence-corrected chi connectivity index (χ1v) is 5.28. The number of carboxylic acids is 1. The molecule has 0 bridgehead atoms. The Kier molecular flexibility index (Phi) is 4.90. The molecule has 1 saturated heterocycles. The molecule has 4 nitrogen and oxygen atoms in total. The molecule has 0 amide bonds. The van der Waals surface area contributed by atoms with Crippen LogP contribution in [0.5, 0.6) is 0 Å². The highest BCUT2D eigenvalue weighted by molar-refractivity contribution is 5.69. The predicted octanol–water partition coefficient (Wildman–Crippen LogP) is 0.962. The second-order valence-electron chi connectivity index (χ2n) is 3.76. The van der Waals surface area contributed by atoms with E-state index in [9.17, 15) is 4.79 Å². The zero-order valence-electron chi connectivity index (χ0n) is 8.74. The Labute approximate surface area is 84.8 Å². The van der Waals surface area contributed by atoms with E-state index in [4.69, 9.17) is 9.84 Å². The summed E-state index contributed by atoms with van der Waals surface area (Å²) >= 11 is 0. The molecule has 4 heteroatoms. The van der Waals surface area contributed by atoms with Crippen molar-refractivity contribution in [1.29, 1.82) is 0 Å². The maximum absolute atomic E-state index is 10.5. The van der Waals surface area contributed by atoms with Gasteiger partial charge >= 0.3 is 5.97 Å². The third kappa shape index (κ3) is 4.07. The largest absolute Gasteiger partial charge is 0.480 e. The molecular formula is C10H19NO3. The van der Waals surface area contributed by atoms with Crippen molar-refractivity contribution in [3.05, 3.63) is 0 Å². The first-order valence-electron chi connectivity index (χ1n) is 5.28. The van der Waals surface area contributed by atoms with Crippen molar-refractivity contribution in [2.45, 2.75) is 32.3 Å². The van der Waals surface area contributed by atoms with E-state index in [1.807, 2.05) is 4.90 Å². The first kappa shape index (κ1) is 11.5. The van der Waals surface area contributed by atoms with Gasteiger partial charge in [-0.1, -0.05) is 6.92 Å². The average Bonchev–Trinajstić information content (AvgIpc) is 2.14. The molecule has 0 aliphatic carbocycles. The van der Waals surface area contributed by atoms with Crippen LogP contribution in [-0.4, -0.2) is 48.3 Å². The molecule has 82 valence electrons. The molecule has 1 aliphatic rings. The van der Waals surface area contributed by atoms with E-state index in [1.54, 1.807) is 0 Å². The Bertz CT molecular complexity index is 184. The third-order valence-corrected chi connectivity index (χ3v) is 2.38. The van der Waals surface area contributed by atoms with E-state index in [0.717, 1.165) is 39.0 Å². The van der Waals surface area contributed by atoms with E-state index >= 15 is 0 Å². The van der Waals surface area contributed by atoms with Crippen molar-refractivity contribution in [3.8, 4) is 0 Å². The Morgan fingerprint density at radius 2 is 2.43 bits per heavy atom. The minimum Gasteiger partial charge on any atom is -0.480 e. The van der Waals surface area contributed by atoms with Crippen LogP contribution in [0.15, 0.2) is 0 Å². The van der Waals surface area contributed by atoms with Crippen molar-refractivity contribution in [1.82, 2.24) is 4.90 Å². The predicted molar refractivity (Wildman–Crippen MR) is 53.3 cm³/mol. The lowest BCUT2D eigenvalue weighted by atomic mass is 10.1. The lowest BCUT2D eigenvalue weighted by Gasteiger charge is -2.31. The Morgan fingerprint density at radius 3 is 3.07 bits per heavy atom. The fourth-order valence-electron chi connectivity index (χ4n) is 1.77. The van der Waals surface area contributed by atoms with Crippen molar-refractivity contribution < 1.29 is 14.6 Å². The Hall–Kier alpha value is -0.610. The summed E-state index contributed by atoms with van der Waals surface area (Å²) in [7, 11) is 0. The fraction of sp³-hybridized carbons (Fsp3) is 0.900. The number of likely N-dealkylation sites (tertiary alicyclic amines) is 1. The number of aliphatic carboxylic acids is 1.